The third-order valence-electron chi connectivity index (χ3n) is 2.61. The standard InChI is InChI=1S/C12H9ClN4O/c1-18-11-3-2-7(4-8(11)13)9-5-14-10-6-15-17-12(10)16-9/h2-6H,1H3,(H,15,16,17). The Morgan fingerprint density at radius 3 is 2.94 bits per heavy atom. The van der Waals surface area contributed by atoms with Gasteiger partial charge in [0.2, 0.25) is 0 Å². The lowest BCUT2D eigenvalue weighted by Gasteiger charge is -2.05. The molecule has 0 radical (unpaired) electrons. The molecule has 2 heterocycles. The largest absolute Gasteiger partial charge is 0.495 e. The Bertz CT molecular complexity index is 710. The minimum Gasteiger partial charge on any atom is -0.495 e. The molecule has 0 amide bonds. The maximum absolute atomic E-state index is 6.08. The van der Waals surface area contributed by atoms with Crippen molar-refractivity contribution < 1.29 is 4.74 Å². The smallest absolute Gasteiger partial charge is 0.174 e. The fraction of sp³-hybridized carbons (Fsp3) is 0.0833. The van der Waals surface area contributed by atoms with Crippen LogP contribution in [0.5, 0.6) is 5.75 Å². The Morgan fingerprint density at radius 2 is 2.17 bits per heavy atom. The quantitative estimate of drug-likeness (QED) is 0.769. The number of halogens is 1. The molecule has 0 bridgehead atoms. The highest BCUT2D eigenvalue weighted by Gasteiger charge is 2.07. The highest BCUT2D eigenvalue weighted by Crippen LogP contribution is 2.29. The van der Waals surface area contributed by atoms with Gasteiger partial charge in [-0.25, -0.2) is 9.97 Å². The number of benzene rings is 1. The molecule has 6 heteroatoms. The SMILES string of the molecule is COc1ccc(-c2cnc3cn[nH]c3n2)cc1Cl. The Morgan fingerprint density at radius 1 is 1.28 bits per heavy atom. The molecule has 90 valence electrons. The van der Waals surface area contributed by atoms with Gasteiger partial charge in [-0.3, -0.25) is 5.10 Å². The van der Waals surface area contributed by atoms with Crippen LogP contribution in [0, 0.1) is 0 Å². The average Bonchev–Trinajstić information content (AvgIpc) is 2.85. The van der Waals surface area contributed by atoms with Gasteiger partial charge in [0.05, 0.1) is 30.2 Å². The number of rotatable bonds is 2. The molecule has 0 atom stereocenters. The van der Waals surface area contributed by atoms with Crippen molar-refractivity contribution in [3.05, 3.63) is 35.6 Å². The van der Waals surface area contributed by atoms with E-state index in [2.05, 4.69) is 20.2 Å². The number of aromatic nitrogens is 4. The van der Waals surface area contributed by atoms with Crippen LogP contribution < -0.4 is 4.74 Å². The summed E-state index contributed by atoms with van der Waals surface area (Å²) in [5, 5.41) is 7.21. The summed E-state index contributed by atoms with van der Waals surface area (Å²) in [6, 6.07) is 5.49. The highest BCUT2D eigenvalue weighted by molar-refractivity contribution is 6.32. The molecule has 0 unspecified atom stereocenters. The normalized spacial score (nSPS) is 10.8. The molecule has 1 N–H and O–H groups in total. The van der Waals surface area contributed by atoms with E-state index in [4.69, 9.17) is 16.3 Å². The minimum absolute atomic E-state index is 0.543. The lowest BCUT2D eigenvalue weighted by atomic mass is 10.1. The Balaban J connectivity index is 2.10. The van der Waals surface area contributed by atoms with Gasteiger partial charge in [0.25, 0.3) is 0 Å². The molecular formula is C12H9ClN4O. The molecule has 3 aromatic rings. The first-order valence-electron chi connectivity index (χ1n) is 5.28. The van der Waals surface area contributed by atoms with Gasteiger partial charge >= 0.3 is 0 Å². The molecule has 0 saturated heterocycles. The molecule has 0 aliphatic heterocycles. The fourth-order valence-electron chi connectivity index (χ4n) is 1.69. The predicted octanol–water partition coefficient (Wildman–Crippen LogP) is 2.68. The number of methoxy groups -OCH3 is 1. The van der Waals surface area contributed by atoms with Crippen molar-refractivity contribution >= 4 is 22.8 Å². The number of hydrogen-bond donors (Lipinski definition) is 1. The third-order valence-corrected chi connectivity index (χ3v) is 2.90. The van der Waals surface area contributed by atoms with Gasteiger partial charge in [-0.15, -0.1) is 0 Å². The van der Waals surface area contributed by atoms with Crippen molar-refractivity contribution in [1.82, 2.24) is 20.2 Å². The number of H-pyrrole nitrogens is 1. The number of hydrogen-bond acceptors (Lipinski definition) is 4. The van der Waals surface area contributed by atoms with E-state index >= 15 is 0 Å². The molecule has 0 aliphatic carbocycles. The fourth-order valence-corrected chi connectivity index (χ4v) is 1.95. The van der Waals surface area contributed by atoms with Crippen LogP contribution in [-0.2, 0) is 0 Å². The molecule has 2 aromatic heterocycles. The molecule has 0 saturated carbocycles. The predicted molar refractivity (Wildman–Crippen MR) is 68.7 cm³/mol. The van der Waals surface area contributed by atoms with Crippen LogP contribution in [0.25, 0.3) is 22.4 Å². The zero-order valence-electron chi connectivity index (χ0n) is 9.51. The Kier molecular flexibility index (Phi) is 2.60. The topological polar surface area (TPSA) is 63.7 Å². The monoisotopic (exact) mass is 260 g/mol. The summed E-state index contributed by atoms with van der Waals surface area (Å²) in [7, 11) is 1.58. The van der Waals surface area contributed by atoms with Crippen molar-refractivity contribution in [3.63, 3.8) is 0 Å². The zero-order chi connectivity index (χ0) is 12.5. The highest BCUT2D eigenvalue weighted by atomic mass is 35.5. The second-order valence-electron chi connectivity index (χ2n) is 3.71. The van der Waals surface area contributed by atoms with Gasteiger partial charge < -0.3 is 4.74 Å². The molecule has 5 nitrogen and oxygen atoms in total. The van der Waals surface area contributed by atoms with E-state index in [1.54, 1.807) is 31.6 Å². The first kappa shape index (κ1) is 11.0. The minimum atomic E-state index is 0.543. The molecule has 18 heavy (non-hydrogen) atoms. The number of aromatic amines is 1. The van der Waals surface area contributed by atoms with Crippen LogP contribution in [0.3, 0.4) is 0 Å². The van der Waals surface area contributed by atoms with Crippen LogP contribution in [0.2, 0.25) is 5.02 Å². The second kappa shape index (κ2) is 4.27. The van der Waals surface area contributed by atoms with E-state index in [0.29, 0.717) is 16.4 Å². The van der Waals surface area contributed by atoms with Crippen LogP contribution in [-0.4, -0.2) is 27.3 Å². The van der Waals surface area contributed by atoms with Crippen LogP contribution in [0.15, 0.2) is 30.6 Å². The van der Waals surface area contributed by atoms with Gasteiger partial charge in [0.1, 0.15) is 11.3 Å². The van der Waals surface area contributed by atoms with Gasteiger partial charge in [-0.1, -0.05) is 11.6 Å². The van der Waals surface area contributed by atoms with Crippen LogP contribution in [0.4, 0.5) is 0 Å². The molecule has 0 fully saturated rings. The van der Waals surface area contributed by atoms with Crippen LogP contribution in [0.1, 0.15) is 0 Å². The molecule has 3 rings (SSSR count). The van der Waals surface area contributed by atoms with Crippen molar-refractivity contribution in [2.24, 2.45) is 0 Å². The maximum Gasteiger partial charge on any atom is 0.174 e. The molecule has 0 aliphatic rings. The number of nitrogens with one attached hydrogen (secondary N) is 1. The summed E-state index contributed by atoms with van der Waals surface area (Å²) < 4.78 is 5.11. The summed E-state index contributed by atoms with van der Waals surface area (Å²) in [4.78, 5) is 8.68. The van der Waals surface area contributed by atoms with Crippen molar-refractivity contribution in [2.75, 3.05) is 7.11 Å². The molecule has 1 aromatic carbocycles. The summed E-state index contributed by atoms with van der Waals surface area (Å²) in [5.74, 6) is 0.635. The van der Waals surface area contributed by atoms with Crippen LogP contribution >= 0.6 is 11.6 Å². The Hall–Kier alpha value is -2.14. The zero-order valence-corrected chi connectivity index (χ0v) is 10.3. The van der Waals surface area contributed by atoms with Gasteiger partial charge in [0, 0.05) is 5.56 Å². The van der Waals surface area contributed by atoms with Crippen molar-refractivity contribution in [1.29, 1.82) is 0 Å². The number of nitrogens with zero attached hydrogens (tertiary/aromatic N) is 3. The average molecular weight is 261 g/mol. The summed E-state index contributed by atoms with van der Waals surface area (Å²) in [6.07, 6.45) is 3.32. The van der Waals surface area contributed by atoms with Gasteiger partial charge in [0.15, 0.2) is 5.65 Å². The lowest BCUT2D eigenvalue weighted by Crippen LogP contribution is -1.89. The molecule has 0 spiro atoms. The van der Waals surface area contributed by atoms with E-state index < -0.39 is 0 Å². The Labute approximate surface area is 108 Å². The molecular weight excluding hydrogens is 252 g/mol. The number of ether oxygens (including phenoxy) is 1. The second-order valence-corrected chi connectivity index (χ2v) is 4.12. The summed E-state index contributed by atoms with van der Waals surface area (Å²) in [6.45, 7) is 0. The first-order valence-corrected chi connectivity index (χ1v) is 5.66. The third kappa shape index (κ3) is 1.78. The summed E-state index contributed by atoms with van der Waals surface area (Å²) >= 11 is 6.08. The summed E-state index contributed by atoms with van der Waals surface area (Å²) in [5.41, 5.74) is 3.00. The van der Waals surface area contributed by atoms with E-state index in [-0.39, 0.29) is 0 Å². The van der Waals surface area contributed by atoms with Crippen molar-refractivity contribution in [2.45, 2.75) is 0 Å². The van der Waals surface area contributed by atoms with E-state index in [9.17, 15) is 0 Å². The van der Waals surface area contributed by atoms with Crippen molar-refractivity contribution in [3.8, 4) is 17.0 Å². The first-order chi connectivity index (χ1) is 8.78. The lowest BCUT2D eigenvalue weighted by molar-refractivity contribution is 0.415. The van der Waals surface area contributed by atoms with Gasteiger partial charge in [-0.2, -0.15) is 5.10 Å². The van der Waals surface area contributed by atoms with E-state index in [1.807, 2.05) is 6.07 Å². The number of fused-ring (bicyclic) bond motifs is 1. The maximum atomic E-state index is 6.08. The van der Waals surface area contributed by atoms with Gasteiger partial charge in [-0.05, 0) is 18.2 Å². The van der Waals surface area contributed by atoms with E-state index in [0.717, 1.165) is 16.8 Å². The van der Waals surface area contributed by atoms with E-state index in [1.165, 1.54) is 0 Å².